The van der Waals surface area contributed by atoms with Crippen molar-refractivity contribution in [1.82, 2.24) is 4.90 Å². The molecule has 1 aliphatic rings. The summed E-state index contributed by atoms with van der Waals surface area (Å²) in [6.45, 7) is 5.49. The largest absolute Gasteiger partial charge is 0.497 e. The Morgan fingerprint density at radius 1 is 1.04 bits per heavy atom. The van der Waals surface area contributed by atoms with Crippen molar-refractivity contribution < 1.29 is 14.3 Å². The van der Waals surface area contributed by atoms with Gasteiger partial charge in [0.25, 0.3) is 5.91 Å². The Morgan fingerprint density at radius 3 is 2.29 bits per heavy atom. The molecule has 1 heterocycles. The molecule has 4 nitrogen and oxygen atoms in total. The maximum absolute atomic E-state index is 13.0. The van der Waals surface area contributed by atoms with Crippen LogP contribution in [-0.2, 0) is 0 Å². The number of nitrogens with zero attached hydrogens (tertiary/aromatic N) is 1. The average molecular weight is 398 g/mol. The van der Waals surface area contributed by atoms with Gasteiger partial charge in [-0.3, -0.25) is 9.59 Å². The summed E-state index contributed by atoms with van der Waals surface area (Å²) in [6, 6.07) is 15.1. The second-order valence-electron chi connectivity index (χ2n) is 7.32. The van der Waals surface area contributed by atoms with Gasteiger partial charge in [-0.25, -0.2) is 0 Å². The van der Waals surface area contributed by atoms with Crippen molar-refractivity contribution in [3.05, 3.63) is 59.7 Å². The van der Waals surface area contributed by atoms with Gasteiger partial charge in [0.2, 0.25) is 0 Å². The zero-order valence-corrected chi connectivity index (χ0v) is 17.5. The van der Waals surface area contributed by atoms with Crippen LogP contribution in [-0.4, -0.2) is 42.0 Å². The molecular formula is C23H27NO3S. The van der Waals surface area contributed by atoms with Crippen LogP contribution in [0.15, 0.2) is 53.4 Å². The van der Waals surface area contributed by atoms with Gasteiger partial charge in [-0.1, -0.05) is 26.0 Å². The van der Waals surface area contributed by atoms with E-state index in [4.69, 9.17) is 4.74 Å². The summed E-state index contributed by atoms with van der Waals surface area (Å²) >= 11 is 1.71. The van der Waals surface area contributed by atoms with E-state index < -0.39 is 0 Å². The quantitative estimate of drug-likeness (QED) is 0.512. The minimum atomic E-state index is -0.0299. The lowest BCUT2D eigenvalue weighted by atomic mass is 9.88. The molecule has 0 radical (unpaired) electrons. The van der Waals surface area contributed by atoms with Gasteiger partial charge in [-0.15, -0.1) is 11.8 Å². The maximum atomic E-state index is 13.0. The van der Waals surface area contributed by atoms with Gasteiger partial charge in [0, 0.05) is 34.7 Å². The number of likely N-dealkylation sites (tertiary alicyclic amines) is 1. The predicted octanol–water partition coefficient (Wildman–Crippen LogP) is 4.93. The fourth-order valence-electron chi connectivity index (χ4n) is 3.51. The van der Waals surface area contributed by atoms with Crippen molar-refractivity contribution in [2.45, 2.75) is 36.8 Å². The van der Waals surface area contributed by atoms with Crippen molar-refractivity contribution in [2.75, 3.05) is 20.2 Å². The molecule has 148 valence electrons. The van der Waals surface area contributed by atoms with Gasteiger partial charge >= 0.3 is 0 Å². The molecule has 2 aromatic rings. The second kappa shape index (κ2) is 9.28. The summed E-state index contributed by atoms with van der Waals surface area (Å²) in [5.41, 5.74) is 1.48. The number of amides is 1. The Kier molecular flexibility index (Phi) is 6.79. The van der Waals surface area contributed by atoms with E-state index in [2.05, 4.69) is 13.8 Å². The number of Topliss-reactive ketones (excluding diaryl/α,β-unsaturated/α-hetero) is 1. The number of ketones is 1. The minimum absolute atomic E-state index is 0.0299. The number of thioether (sulfide) groups is 1. The molecule has 1 saturated heterocycles. The third kappa shape index (κ3) is 4.76. The van der Waals surface area contributed by atoms with Crippen LogP contribution in [0.1, 0.15) is 47.4 Å². The third-order valence-electron chi connectivity index (χ3n) is 5.01. The SMILES string of the molecule is COc1ccc(C(=O)C2CCN(C(=O)c3ccccc3SC(C)C)CC2)cc1. The van der Waals surface area contributed by atoms with E-state index in [0.29, 0.717) is 36.7 Å². The van der Waals surface area contributed by atoms with Gasteiger partial charge in [0.05, 0.1) is 12.7 Å². The third-order valence-corrected chi connectivity index (χ3v) is 6.09. The Labute approximate surface area is 171 Å². The Bertz CT molecular complexity index is 824. The standard InChI is InChI=1S/C23H27NO3S/c1-16(2)28-21-7-5-4-6-20(21)23(26)24-14-12-18(13-15-24)22(25)17-8-10-19(27-3)11-9-17/h4-11,16,18H,12-15H2,1-3H3. The van der Waals surface area contributed by atoms with Crippen LogP contribution in [0.4, 0.5) is 0 Å². The summed E-state index contributed by atoms with van der Waals surface area (Å²) in [5.74, 6) is 0.942. The minimum Gasteiger partial charge on any atom is -0.497 e. The Hall–Kier alpha value is -2.27. The number of hydrogen-bond donors (Lipinski definition) is 0. The number of carbonyl (C=O) groups is 2. The molecule has 0 atom stereocenters. The number of methoxy groups -OCH3 is 1. The van der Waals surface area contributed by atoms with Crippen molar-refractivity contribution in [3.63, 3.8) is 0 Å². The zero-order chi connectivity index (χ0) is 20.1. The summed E-state index contributed by atoms with van der Waals surface area (Å²) in [5, 5.41) is 0.418. The summed E-state index contributed by atoms with van der Waals surface area (Å²) in [4.78, 5) is 28.7. The molecule has 28 heavy (non-hydrogen) atoms. The monoisotopic (exact) mass is 397 g/mol. The van der Waals surface area contributed by atoms with E-state index in [-0.39, 0.29) is 17.6 Å². The van der Waals surface area contributed by atoms with Gasteiger partial charge in [0.15, 0.2) is 5.78 Å². The highest BCUT2D eigenvalue weighted by Gasteiger charge is 2.29. The van der Waals surface area contributed by atoms with E-state index in [0.717, 1.165) is 16.2 Å². The predicted molar refractivity (Wildman–Crippen MR) is 113 cm³/mol. The van der Waals surface area contributed by atoms with Crippen LogP contribution in [0.2, 0.25) is 0 Å². The number of hydrogen-bond acceptors (Lipinski definition) is 4. The molecule has 0 N–H and O–H groups in total. The maximum Gasteiger partial charge on any atom is 0.254 e. The van der Waals surface area contributed by atoms with E-state index in [1.165, 1.54) is 0 Å². The number of carbonyl (C=O) groups excluding carboxylic acids is 2. The fraction of sp³-hybridized carbons (Fsp3) is 0.391. The van der Waals surface area contributed by atoms with Crippen LogP contribution < -0.4 is 4.74 Å². The normalized spacial score (nSPS) is 14.9. The smallest absolute Gasteiger partial charge is 0.254 e. The van der Waals surface area contributed by atoms with Crippen LogP contribution in [0.5, 0.6) is 5.75 Å². The van der Waals surface area contributed by atoms with Crippen molar-refractivity contribution in [1.29, 1.82) is 0 Å². The van der Waals surface area contributed by atoms with Gasteiger partial charge in [-0.05, 0) is 49.2 Å². The number of piperidine rings is 1. The molecule has 2 aromatic carbocycles. The highest BCUT2D eigenvalue weighted by molar-refractivity contribution is 8.00. The second-order valence-corrected chi connectivity index (χ2v) is 8.94. The number of rotatable bonds is 6. The Morgan fingerprint density at radius 2 is 1.68 bits per heavy atom. The number of ether oxygens (including phenoxy) is 1. The van der Waals surface area contributed by atoms with E-state index in [1.54, 1.807) is 18.9 Å². The van der Waals surface area contributed by atoms with Crippen molar-refractivity contribution in [2.24, 2.45) is 5.92 Å². The lowest BCUT2D eigenvalue weighted by Gasteiger charge is -2.32. The molecule has 1 aliphatic heterocycles. The molecule has 3 rings (SSSR count). The highest BCUT2D eigenvalue weighted by Crippen LogP contribution is 2.29. The molecule has 0 saturated carbocycles. The van der Waals surface area contributed by atoms with E-state index in [9.17, 15) is 9.59 Å². The van der Waals surface area contributed by atoms with Gasteiger partial charge in [0.1, 0.15) is 5.75 Å². The van der Waals surface area contributed by atoms with Gasteiger partial charge < -0.3 is 9.64 Å². The van der Waals surface area contributed by atoms with Gasteiger partial charge in [-0.2, -0.15) is 0 Å². The zero-order valence-electron chi connectivity index (χ0n) is 16.7. The molecule has 1 amide bonds. The summed E-state index contributed by atoms with van der Waals surface area (Å²) in [6.07, 6.45) is 1.41. The molecule has 0 spiro atoms. The lowest BCUT2D eigenvalue weighted by molar-refractivity contribution is 0.0647. The first-order valence-electron chi connectivity index (χ1n) is 9.73. The first-order valence-corrected chi connectivity index (χ1v) is 10.6. The first kappa shape index (κ1) is 20.5. The van der Waals surface area contributed by atoms with Crippen LogP contribution in [0.25, 0.3) is 0 Å². The van der Waals surface area contributed by atoms with E-state index in [1.807, 2.05) is 53.4 Å². The first-order chi connectivity index (χ1) is 13.5. The Balaban J connectivity index is 1.63. The van der Waals surface area contributed by atoms with Crippen molar-refractivity contribution in [3.8, 4) is 5.75 Å². The summed E-state index contributed by atoms with van der Waals surface area (Å²) in [7, 11) is 1.61. The topological polar surface area (TPSA) is 46.6 Å². The molecule has 0 bridgehead atoms. The molecule has 0 aliphatic carbocycles. The molecule has 1 fully saturated rings. The summed E-state index contributed by atoms with van der Waals surface area (Å²) < 4.78 is 5.15. The number of benzene rings is 2. The molecule has 0 aromatic heterocycles. The van der Waals surface area contributed by atoms with E-state index >= 15 is 0 Å². The van der Waals surface area contributed by atoms with Crippen molar-refractivity contribution >= 4 is 23.5 Å². The lowest BCUT2D eigenvalue weighted by Crippen LogP contribution is -2.40. The fourth-order valence-corrected chi connectivity index (χ4v) is 4.45. The molecular weight excluding hydrogens is 370 g/mol. The van der Waals surface area contributed by atoms with Crippen LogP contribution >= 0.6 is 11.8 Å². The molecule has 0 unspecified atom stereocenters. The molecule has 5 heteroatoms. The highest BCUT2D eigenvalue weighted by atomic mass is 32.2. The van der Waals surface area contributed by atoms with Crippen LogP contribution in [0, 0.1) is 5.92 Å². The average Bonchev–Trinajstić information content (AvgIpc) is 2.73. The van der Waals surface area contributed by atoms with Crippen LogP contribution in [0.3, 0.4) is 0 Å².